The van der Waals surface area contributed by atoms with E-state index in [1.807, 2.05) is 24.3 Å². The van der Waals surface area contributed by atoms with Crippen molar-refractivity contribution in [2.45, 2.75) is 19.9 Å². The minimum absolute atomic E-state index is 0.231. The molecule has 2 heterocycles. The summed E-state index contributed by atoms with van der Waals surface area (Å²) in [4.78, 5) is 0. The van der Waals surface area contributed by atoms with Gasteiger partial charge in [0.05, 0.1) is 11.6 Å². The Balaban J connectivity index is 1.98. The van der Waals surface area contributed by atoms with Crippen LogP contribution in [0.1, 0.15) is 24.9 Å². The topological polar surface area (TPSA) is 51.0 Å². The quantitative estimate of drug-likeness (QED) is 0.788. The normalized spacial score (nSPS) is 12.9. The first kappa shape index (κ1) is 12.3. The van der Waals surface area contributed by atoms with Crippen LogP contribution in [0.15, 0.2) is 34.9 Å². The highest BCUT2D eigenvalue weighted by Gasteiger charge is 2.15. The summed E-state index contributed by atoms with van der Waals surface area (Å²) < 4.78 is 5.54. The van der Waals surface area contributed by atoms with Crippen molar-refractivity contribution in [3.05, 3.63) is 35.5 Å². The third-order valence-electron chi connectivity index (χ3n) is 3.03. The van der Waals surface area contributed by atoms with Gasteiger partial charge in [0.1, 0.15) is 16.9 Å². The number of nitrogens with one attached hydrogen (secondary N) is 1. The number of para-hydroxylation sites is 1. The summed E-state index contributed by atoms with van der Waals surface area (Å²) in [5, 5.41) is 14.9. The monoisotopic (exact) mass is 273 g/mol. The van der Waals surface area contributed by atoms with E-state index in [0.717, 1.165) is 33.1 Å². The van der Waals surface area contributed by atoms with Gasteiger partial charge in [0.25, 0.3) is 0 Å². The average Bonchev–Trinajstić information content (AvgIpc) is 3.05. The molecule has 0 radical (unpaired) electrons. The Bertz CT molecular complexity index is 689. The van der Waals surface area contributed by atoms with Gasteiger partial charge in [-0.1, -0.05) is 36.5 Å². The third kappa shape index (κ3) is 2.27. The molecule has 0 aliphatic carbocycles. The second kappa shape index (κ2) is 5.11. The summed E-state index contributed by atoms with van der Waals surface area (Å²) in [5.41, 5.74) is 1.90. The zero-order valence-corrected chi connectivity index (χ0v) is 11.7. The second-order valence-electron chi connectivity index (χ2n) is 4.37. The summed E-state index contributed by atoms with van der Waals surface area (Å²) in [5.74, 6) is 0. The van der Waals surface area contributed by atoms with Gasteiger partial charge in [0.15, 0.2) is 5.01 Å². The van der Waals surface area contributed by atoms with E-state index in [0.29, 0.717) is 0 Å². The van der Waals surface area contributed by atoms with Crippen molar-refractivity contribution in [1.82, 2.24) is 15.5 Å². The number of aromatic nitrogens is 2. The van der Waals surface area contributed by atoms with Gasteiger partial charge in [-0.25, -0.2) is 0 Å². The Labute approximate surface area is 115 Å². The van der Waals surface area contributed by atoms with Gasteiger partial charge in [-0.05, 0) is 19.5 Å². The highest BCUT2D eigenvalue weighted by atomic mass is 32.1. The molecule has 0 saturated carbocycles. The minimum atomic E-state index is 0.231. The van der Waals surface area contributed by atoms with Crippen molar-refractivity contribution < 1.29 is 4.42 Å². The number of nitrogens with zero attached hydrogens (tertiary/aromatic N) is 2. The second-order valence-corrected chi connectivity index (χ2v) is 5.38. The summed E-state index contributed by atoms with van der Waals surface area (Å²) in [6, 6.07) is 8.21. The van der Waals surface area contributed by atoms with Gasteiger partial charge in [0, 0.05) is 5.39 Å². The van der Waals surface area contributed by atoms with Gasteiger partial charge in [-0.3, -0.25) is 0 Å². The van der Waals surface area contributed by atoms with Crippen LogP contribution in [0.3, 0.4) is 0 Å². The van der Waals surface area contributed by atoms with Crippen LogP contribution in [0.5, 0.6) is 0 Å². The lowest BCUT2D eigenvalue weighted by Gasteiger charge is -2.06. The van der Waals surface area contributed by atoms with Crippen molar-refractivity contribution in [2.24, 2.45) is 0 Å². The van der Waals surface area contributed by atoms with Gasteiger partial charge in [-0.15, -0.1) is 10.2 Å². The molecule has 1 N–H and O–H groups in total. The molecule has 0 aliphatic rings. The summed E-state index contributed by atoms with van der Waals surface area (Å²) >= 11 is 1.61. The Kier molecular flexibility index (Phi) is 3.31. The molecule has 2 aromatic heterocycles. The Morgan fingerprint density at radius 3 is 3.00 bits per heavy atom. The van der Waals surface area contributed by atoms with Crippen LogP contribution in [0.4, 0.5) is 0 Å². The van der Waals surface area contributed by atoms with Crippen LogP contribution in [-0.2, 0) is 0 Å². The average molecular weight is 273 g/mol. The molecule has 98 valence electrons. The van der Waals surface area contributed by atoms with Crippen molar-refractivity contribution in [3.8, 4) is 10.6 Å². The molecule has 1 unspecified atom stereocenters. The summed E-state index contributed by atoms with van der Waals surface area (Å²) in [6.45, 7) is 5.11. The third-order valence-corrected chi connectivity index (χ3v) is 4.17. The Morgan fingerprint density at radius 1 is 1.32 bits per heavy atom. The van der Waals surface area contributed by atoms with E-state index in [2.05, 4.69) is 29.4 Å². The maximum Gasteiger partial charge on any atom is 0.151 e. The molecular formula is C14H15N3OS. The predicted octanol–water partition coefficient (Wildman–Crippen LogP) is 3.62. The van der Waals surface area contributed by atoms with Crippen LogP contribution in [0.2, 0.25) is 0 Å². The van der Waals surface area contributed by atoms with Crippen LogP contribution in [0.25, 0.3) is 21.5 Å². The first-order chi connectivity index (χ1) is 9.29. The van der Waals surface area contributed by atoms with Gasteiger partial charge in [-0.2, -0.15) is 0 Å². The van der Waals surface area contributed by atoms with Crippen molar-refractivity contribution in [3.63, 3.8) is 0 Å². The van der Waals surface area contributed by atoms with Crippen LogP contribution in [-0.4, -0.2) is 16.7 Å². The molecule has 5 heteroatoms. The Morgan fingerprint density at radius 2 is 2.16 bits per heavy atom. The highest BCUT2D eigenvalue weighted by Crippen LogP contribution is 2.33. The molecule has 0 bridgehead atoms. The molecule has 3 aromatic rings. The fourth-order valence-corrected chi connectivity index (χ4v) is 2.94. The van der Waals surface area contributed by atoms with Gasteiger partial charge < -0.3 is 9.73 Å². The van der Waals surface area contributed by atoms with Crippen molar-refractivity contribution >= 4 is 22.3 Å². The zero-order valence-electron chi connectivity index (χ0n) is 10.9. The fourth-order valence-electron chi connectivity index (χ4n) is 2.06. The van der Waals surface area contributed by atoms with Crippen molar-refractivity contribution in [1.29, 1.82) is 0 Å². The van der Waals surface area contributed by atoms with Crippen LogP contribution < -0.4 is 5.32 Å². The molecule has 0 aliphatic heterocycles. The number of rotatable bonds is 4. The first-order valence-corrected chi connectivity index (χ1v) is 7.14. The first-order valence-electron chi connectivity index (χ1n) is 6.33. The maximum absolute atomic E-state index is 5.54. The van der Waals surface area contributed by atoms with Gasteiger partial charge >= 0.3 is 0 Å². The number of fused-ring (bicyclic) bond motifs is 1. The molecule has 0 amide bonds. The van der Waals surface area contributed by atoms with E-state index in [1.54, 1.807) is 17.6 Å². The highest BCUT2D eigenvalue weighted by molar-refractivity contribution is 7.14. The van der Waals surface area contributed by atoms with E-state index in [-0.39, 0.29) is 6.04 Å². The lowest BCUT2D eigenvalue weighted by Crippen LogP contribution is -2.17. The van der Waals surface area contributed by atoms with E-state index >= 15 is 0 Å². The largest absolute Gasteiger partial charge is 0.464 e. The Hall–Kier alpha value is -1.72. The van der Waals surface area contributed by atoms with Gasteiger partial charge in [0.2, 0.25) is 0 Å². The molecule has 0 fully saturated rings. The van der Waals surface area contributed by atoms with E-state index < -0.39 is 0 Å². The predicted molar refractivity (Wildman–Crippen MR) is 77.2 cm³/mol. The lowest BCUT2D eigenvalue weighted by molar-refractivity contribution is 0.590. The fraction of sp³-hybridized carbons (Fsp3) is 0.286. The number of hydrogen-bond acceptors (Lipinski definition) is 5. The number of furan rings is 1. The maximum atomic E-state index is 5.54. The number of benzene rings is 1. The zero-order chi connectivity index (χ0) is 13.2. The summed E-state index contributed by atoms with van der Waals surface area (Å²) in [6.07, 6.45) is 1.76. The SMILES string of the molecule is CCNC(C)c1nnc(-c2coc3ccccc23)s1. The van der Waals surface area contributed by atoms with Crippen LogP contribution in [0, 0.1) is 0 Å². The van der Waals surface area contributed by atoms with E-state index in [4.69, 9.17) is 4.42 Å². The van der Waals surface area contributed by atoms with Crippen LogP contribution >= 0.6 is 11.3 Å². The molecular weight excluding hydrogens is 258 g/mol. The molecule has 4 nitrogen and oxygen atoms in total. The molecule has 0 saturated heterocycles. The smallest absolute Gasteiger partial charge is 0.151 e. The molecule has 1 atom stereocenters. The number of hydrogen-bond donors (Lipinski definition) is 1. The van der Waals surface area contributed by atoms with E-state index in [9.17, 15) is 0 Å². The summed E-state index contributed by atoms with van der Waals surface area (Å²) in [7, 11) is 0. The minimum Gasteiger partial charge on any atom is -0.464 e. The molecule has 19 heavy (non-hydrogen) atoms. The van der Waals surface area contributed by atoms with Crippen molar-refractivity contribution in [2.75, 3.05) is 6.54 Å². The van der Waals surface area contributed by atoms with E-state index in [1.165, 1.54) is 0 Å². The lowest BCUT2D eigenvalue weighted by atomic mass is 10.2. The molecule has 0 spiro atoms. The standard InChI is InChI=1S/C14H15N3OS/c1-3-15-9(2)13-16-17-14(19-13)11-8-18-12-7-5-4-6-10(11)12/h4-9,15H,3H2,1-2H3. The molecule has 3 rings (SSSR count). The molecule has 1 aromatic carbocycles.